The molecular formula is C19H19FN4O3S. The molecule has 0 radical (unpaired) electrons. The van der Waals surface area contributed by atoms with Crippen molar-refractivity contribution >= 4 is 21.6 Å². The quantitative estimate of drug-likeness (QED) is 0.700. The van der Waals surface area contributed by atoms with E-state index in [1.807, 2.05) is 0 Å². The lowest BCUT2D eigenvalue weighted by molar-refractivity contribution is 0.102. The first-order valence-corrected chi connectivity index (χ1v) is 9.88. The zero-order chi connectivity index (χ0) is 20.6. The Labute approximate surface area is 162 Å². The van der Waals surface area contributed by atoms with Crippen molar-refractivity contribution < 1.29 is 17.6 Å². The van der Waals surface area contributed by atoms with Gasteiger partial charge in [0.25, 0.3) is 5.91 Å². The van der Waals surface area contributed by atoms with Gasteiger partial charge in [-0.3, -0.25) is 4.79 Å². The Hall–Kier alpha value is -3.04. The highest BCUT2D eigenvalue weighted by atomic mass is 32.2. The highest BCUT2D eigenvalue weighted by Gasteiger charge is 2.18. The second-order valence-electron chi connectivity index (χ2n) is 6.44. The van der Waals surface area contributed by atoms with E-state index in [-0.39, 0.29) is 10.7 Å². The van der Waals surface area contributed by atoms with Gasteiger partial charge in [-0.05, 0) is 68.3 Å². The fraction of sp³-hybridized carbons (Fsp3) is 0.158. The number of nitrogens with one attached hydrogen (secondary N) is 1. The molecule has 0 bridgehead atoms. The van der Waals surface area contributed by atoms with Crippen molar-refractivity contribution in [3.8, 4) is 5.69 Å². The molecule has 3 aromatic rings. The molecule has 146 valence electrons. The van der Waals surface area contributed by atoms with E-state index in [2.05, 4.69) is 10.4 Å². The Morgan fingerprint density at radius 1 is 1.14 bits per heavy atom. The number of primary sulfonamides is 1. The van der Waals surface area contributed by atoms with Gasteiger partial charge in [0, 0.05) is 5.69 Å². The normalized spacial score (nSPS) is 11.5. The molecule has 0 saturated heterocycles. The second kappa shape index (κ2) is 7.17. The van der Waals surface area contributed by atoms with E-state index in [0.717, 1.165) is 5.56 Å². The first-order valence-electron chi connectivity index (χ1n) is 8.34. The van der Waals surface area contributed by atoms with Crippen LogP contribution in [-0.4, -0.2) is 24.1 Å². The van der Waals surface area contributed by atoms with Crippen molar-refractivity contribution in [1.29, 1.82) is 0 Å². The Kier molecular flexibility index (Phi) is 5.05. The minimum absolute atomic E-state index is 0.0790. The van der Waals surface area contributed by atoms with E-state index < -0.39 is 15.9 Å². The standard InChI is InChI=1S/C19H19FN4O3S/c1-11-8-16(28(21,26)27)9-18(12(11)2)23-19(25)17-10-22-24(13(17)3)15-6-4-14(20)5-7-15/h4-10H,1-3H3,(H,23,25)(H2,21,26,27). The van der Waals surface area contributed by atoms with E-state index in [0.29, 0.717) is 28.2 Å². The minimum atomic E-state index is -3.91. The fourth-order valence-corrected chi connectivity index (χ4v) is 3.41. The van der Waals surface area contributed by atoms with Gasteiger partial charge in [0.2, 0.25) is 10.0 Å². The van der Waals surface area contributed by atoms with Crippen molar-refractivity contribution in [1.82, 2.24) is 9.78 Å². The van der Waals surface area contributed by atoms with Gasteiger partial charge in [0.1, 0.15) is 5.82 Å². The van der Waals surface area contributed by atoms with Crippen LogP contribution >= 0.6 is 0 Å². The molecule has 3 rings (SSSR count). The first kappa shape index (κ1) is 19.7. The predicted molar refractivity (Wildman–Crippen MR) is 104 cm³/mol. The zero-order valence-corrected chi connectivity index (χ0v) is 16.3. The first-order chi connectivity index (χ1) is 13.1. The van der Waals surface area contributed by atoms with E-state index in [1.54, 1.807) is 32.9 Å². The Morgan fingerprint density at radius 3 is 2.39 bits per heavy atom. The molecule has 1 heterocycles. The number of sulfonamides is 1. The lowest BCUT2D eigenvalue weighted by Gasteiger charge is -2.13. The zero-order valence-electron chi connectivity index (χ0n) is 15.5. The highest BCUT2D eigenvalue weighted by Crippen LogP contribution is 2.25. The van der Waals surface area contributed by atoms with Gasteiger partial charge in [-0.15, -0.1) is 0 Å². The van der Waals surface area contributed by atoms with E-state index in [9.17, 15) is 17.6 Å². The van der Waals surface area contributed by atoms with Crippen LogP contribution in [-0.2, 0) is 10.0 Å². The summed E-state index contributed by atoms with van der Waals surface area (Å²) in [5.74, 6) is -0.813. The van der Waals surface area contributed by atoms with Crippen LogP contribution in [0.2, 0.25) is 0 Å². The maximum absolute atomic E-state index is 13.1. The molecule has 28 heavy (non-hydrogen) atoms. The Balaban J connectivity index is 1.95. The molecule has 3 N–H and O–H groups in total. The number of aromatic nitrogens is 2. The summed E-state index contributed by atoms with van der Waals surface area (Å²) in [6, 6.07) is 8.51. The number of rotatable bonds is 4. The van der Waals surface area contributed by atoms with Crippen LogP contribution in [0.3, 0.4) is 0 Å². The van der Waals surface area contributed by atoms with Crippen molar-refractivity contribution in [2.45, 2.75) is 25.7 Å². The summed E-state index contributed by atoms with van der Waals surface area (Å²) in [5.41, 5.74) is 3.23. The van der Waals surface area contributed by atoms with Crippen LogP contribution in [0.1, 0.15) is 27.2 Å². The summed E-state index contributed by atoms with van der Waals surface area (Å²) in [5, 5.41) is 12.1. The van der Waals surface area contributed by atoms with Gasteiger partial charge < -0.3 is 5.32 Å². The van der Waals surface area contributed by atoms with Crippen molar-refractivity contribution in [2.24, 2.45) is 5.14 Å². The third kappa shape index (κ3) is 3.80. The molecule has 9 heteroatoms. The molecule has 0 spiro atoms. The molecule has 1 aromatic heterocycles. The Morgan fingerprint density at radius 2 is 1.79 bits per heavy atom. The summed E-state index contributed by atoms with van der Waals surface area (Å²) in [7, 11) is -3.91. The Bertz CT molecular complexity index is 1170. The second-order valence-corrected chi connectivity index (χ2v) is 8.01. The number of aryl methyl sites for hydroxylation is 1. The van der Waals surface area contributed by atoms with Crippen molar-refractivity contribution in [3.05, 3.63) is 70.8 Å². The number of nitrogens with zero attached hydrogens (tertiary/aromatic N) is 2. The van der Waals surface area contributed by atoms with Crippen LogP contribution in [0.5, 0.6) is 0 Å². The number of hydrogen-bond donors (Lipinski definition) is 2. The monoisotopic (exact) mass is 402 g/mol. The molecule has 1 amide bonds. The summed E-state index contributed by atoms with van der Waals surface area (Å²) >= 11 is 0. The van der Waals surface area contributed by atoms with E-state index >= 15 is 0 Å². The molecule has 0 atom stereocenters. The third-order valence-electron chi connectivity index (χ3n) is 4.54. The topological polar surface area (TPSA) is 107 Å². The SMILES string of the molecule is Cc1cc(S(N)(=O)=O)cc(NC(=O)c2cnn(-c3ccc(F)cc3)c2C)c1C. The molecule has 0 fully saturated rings. The van der Waals surface area contributed by atoms with Gasteiger partial charge in [-0.25, -0.2) is 22.6 Å². The van der Waals surface area contributed by atoms with Gasteiger partial charge in [-0.2, -0.15) is 5.10 Å². The largest absolute Gasteiger partial charge is 0.322 e. The third-order valence-corrected chi connectivity index (χ3v) is 5.44. The lowest BCUT2D eigenvalue weighted by Crippen LogP contribution is -2.17. The van der Waals surface area contributed by atoms with Gasteiger partial charge in [-0.1, -0.05) is 0 Å². The molecule has 0 saturated carbocycles. The minimum Gasteiger partial charge on any atom is -0.322 e. The molecule has 0 aliphatic rings. The van der Waals surface area contributed by atoms with Crippen LogP contribution in [0.15, 0.2) is 47.5 Å². The molecule has 0 aliphatic carbocycles. The van der Waals surface area contributed by atoms with Crippen LogP contribution in [0, 0.1) is 26.6 Å². The smallest absolute Gasteiger partial charge is 0.259 e. The van der Waals surface area contributed by atoms with Crippen LogP contribution < -0.4 is 10.5 Å². The van der Waals surface area contributed by atoms with Gasteiger partial charge >= 0.3 is 0 Å². The molecular weight excluding hydrogens is 383 g/mol. The van der Waals surface area contributed by atoms with Crippen molar-refractivity contribution in [3.63, 3.8) is 0 Å². The summed E-state index contributed by atoms with van der Waals surface area (Å²) in [6.45, 7) is 5.22. The average molecular weight is 402 g/mol. The van der Waals surface area contributed by atoms with E-state index in [1.165, 1.54) is 35.1 Å². The van der Waals surface area contributed by atoms with Gasteiger partial charge in [0.15, 0.2) is 0 Å². The number of carbonyl (C=O) groups excluding carboxylic acids is 1. The fourth-order valence-electron chi connectivity index (χ4n) is 2.79. The summed E-state index contributed by atoms with van der Waals surface area (Å²) in [4.78, 5) is 12.7. The molecule has 7 nitrogen and oxygen atoms in total. The lowest BCUT2D eigenvalue weighted by atomic mass is 10.1. The average Bonchev–Trinajstić information content (AvgIpc) is 3.00. The summed E-state index contributed by atoms with van der Waals surface area (Å²) in [6.07, 6.45) is 1.40. The van der Waals surface area contributed by atoms with E-state index in [4.69, 9.17) is 5.14 Å². The number of benzene rings is 2. The molecule has 2 aromatic carbocycles. The maximum Gasteiger partial charge on any atom is 0.259 e. The van der Waals surface area contributed by atoms with Crippen molar-refractivity contribution in [2.75, 3.05) is 5.32 Å². The summed E-state index contributed by atoms with van der Waals surface area (Å²) < 4.78 is 38.0. The predicted octanol–water partition coefficient (Wildman–Crippen LogP) is 2.84. The highest BCUT2D eigenvalue weighted by molar-refractivity contribution is 7.89. The maximum atomic E-state index is 13.1. The number of nitrogens with two attached hydrogens (primary N) is 1. The van der Waals surface area contributed by atoms with Crippen LogP contribution in [0.25, 0.3) is 5.69 Å². The molecule has 0 unspecified atom stereocenters. The number of anilines is 1. The molecule has 0 aliphatic heterocycles. The number of halogens is 1. The number of hydrogen-bond acceptors (Lipinski definition) is 4. The van der Waals surface area contributed by atoms with Crippen LogP contribution in [0.4, 0.5) is 10.1 Å². The number of amides is 1. The van der Waals surface area contributed by atoms with Gasteiger partial charge in [0.05, 0.1) is 28.0 Å². The number of carbonyl (C=O) groups is 1.